The number of carbonyl (C=O) groups is 1. The maximum atomic E-state index is 11.2. The molecule has 0 aromatic carbocycles. The first-order chi connectivity index (χ1) is 9.06. The lowest BCUT2D eigenvalue weighted by atomic mass is 10.4. The Balaban J connectivity index is 2.70. The van der Waals surface area contributed by atoms with Gasteiger partial charge in [0.25, 0.3) is 0 Å². The fourth-order valence-corrected chi connectivity index (χ4v) is 1.39. The summed E-state index contributed by atoms with van der Waals surface area (Å²) in [5, 5.41) is 2.63. The van der Waals surface area contributed by atoms with E-state index in [2.05, 4.69) is 20.3 Å². The zero-order valence-electron chi connectivity index (χ0n) is 11.3. The van der Waals surface area contributed by atoms with Crippen molar-refractivity contribution in [3.63, 3.8) is 0 Å². The van der Waals surface area contributed by atoms with Gasteiger partial charge in [-0.25, -0.2) is 0 Å². The van der Waals surface area contributed by atoms with Crippen LogP contribution in [0.25, 0.3) is 0 Å². The summed E-state index contributed by atoms with van der Waals surface area (Å²) in [6.07, 6.45) is 1.20. The lowest BCUT2D eigenvalue weighted by Crippen LogP contribution is -2.27. The molecule has 19 heavy (non-hydrogen) atoms. The van der Waals surface area contributed by atoms with Crippen molar-refractivity contribution in [2.75, 3.05) is 32.1 Å². The second-order valence-corrected chi connectivity index (χ2v) is 4.22. The Hall–Kier alpha value is -1.63. The number of halogens is 1. The van der Waals surface area contributed by atoms with Crippen molar-refractivity contribution < 1.29 is 9.53 Å². The van der Waals surface area contributed by atoms with Gasteiger partial charge in [0.15, 0.2) is 0 Å². The highest BCUT2D eigenvalue weighted by Crippen LogP contribution is 2.14. The molecule has 106 valence electrons. The van der Waals surface area contributed by atoms with Gasteiger partial charge in [0, 0.05) is 27.1 Å². The minimum Gasteiger partial charge on any atom is -0.463 e. The minimum absolute atomic E-state index is 0.0468. The fourth-order valence-electron chi connectivity index (χ4n) is 1.24. The molecule has 0 aliphatic rings. The van der Waals surface area contributed by atoms with Crippen LogP contribution in [0.5, 0.6) is 6.01 Å². The Labute approximate surface area is 117 Å². The van der Waals surface area contributed by atoms with E-state index in [1.54, 1.807) is 19.0 Å². The number of nitrogens with one attached hydrogen (secondary N) is 1. The minimum atomic E-state index is -0.0468. The van der Waals surface area contributed by atoms with E-state index in [4.69, 9.17) is 16.3 Å². The first-order valence-electron chi connectivity index (χ1n) is 6.03. The summed E-state index contributed by atoms with van der Waals surface area (Å²) in [4.78, 5) is 24.9. The Morgan fingerprint density at radius 1 is 1.42 bits per heavy atom. The Kier molecular flexibility index (Phi) is 6.27. The standard InChI is InChI=1S/C11H18ClN5O2/c1-4-7-19-11-15-9(12)14-10(16-11)17(3)6-5-8(18)13-2/h4-7H2,1-3H3,(H,13,18). The van der Waals surface area contributed by atoms with Crippen molar-refractivity contribution in [2.45, 2.75) is 19.8 Å². The molecule has 1 rings (SSSR count). The van der Waals surface area contributed by atoms with Crippen molar-refractivity contribution in [2.24, 2.45) is 0 Å². The second-order valence-electron chi connectivity index (χ2n) is 3.88. The topological polar surface area (TPSA) is 80.2 Å². The molecule has 1 aromatic heterocycles. The molecule has 0 aliphatic heterocycles. The third-order valence-electron chi connectivity index (χ3n) is 2.31. The number of hydrogen-bond acceptors (Lipinski definition) is 6. The Bertz CT molecular complexity index is 430. The van der Waals surface area contributed by atoms with Crippen molar-refractivity contribution in [3.05, 3.63) is 5.28 Å². The number of anilines is 1. The van der Waals surface area contributed by atoms with Crippen LogP contribution in [0.2, 0.25) is 5.28 Å². The van der Waals surface area contributed by atoms with Crippen molar-refractivity contribution in [3.8, 4) is 6.01 Å². The predicted molar refractivity (Wildman–Crippen MR) is 72.6 cm³/mol. The number of hydrogen-bond donors (Lipinski definition) is 1. The molecule has 1 aromatic rings. The van der Waals surface area contributed by atoms with E-state index in [9.17, 15) is 4.79 Å². The zero-order valence-corrected chi connectivity index (χ0v) is 12.1. The Morgan fingerprint density at radius 3 is 2.79 bits per heavy atom. The van der Waals surface area contributed by atoms with E-state index in [0.717, 1.165) is 6.42 Å². The summed E-state index contributed by atoms with van der Waals surface area (Å²) in [6, 6.07) is 0.198. The highest BCUT2D eigenvalue weighted by atomic mass is 35.5. The van der Waals surface area contributed by atoms with Crippen LogP contribution < -0.4 is 15.0 Å². The van der Waals surface area contributed by atoms with Gasteiger partial charge in [-0.3, -0.25) is 4.79 Å². The van der Waals surface area contributed by atoms with Gasteiger partial charge < -0.3 is 15.0 Å². The lowest BCUT2D eigenvalue weighted by molar-refractivity contribution is -0.120. The van der Waals surface area contributed by atoms with E-state index >= 15 is 0 Å². The number of rotatable bonds is 7. The van der Waals surface area contributed by atoms with E-state index in [1.807, 2.05) is 6.92 Å². The van der Waals surface area contributed by atoms with Gasteiger partial charge in [-0.15, -0.1) is 0 Å². The summed E-state index contributed by atoms with van der Waals surface area (Å²) in [5.41, 5.74) is 0. The molecule has 1 heterocycles. The van der Waals surface area contributed by atoms with Crippen LogP contribution in [0, 0.1) is 0 Å². The molecule has 0 radical (unpaired) electrons. The molecule has 0 bridgehead atoms. The maximum Gasteiger partial charge on any atom is 0.322 e. The number of ether oxygens (including phenoxy) is 1. The lowest BCUT2D eigenvalue weighted by Gasteiger charge is -2.16. The summed E-state index contributed by atoms with van der Waals surface area (Å²) < 4.78 is 5.32. The predicted octanol–water partition coefficient (Wildman–Crippen LogP) is 0.886. The van der Waals surface area contributed by atoms with Crippen LogP contribution >= 0.6 is 11.6 Å². The van der Waals surface area contributed by atoms with Gasteiger partial charge in [-0.1, -0.05) is 6.92 Å². The van der Waals surface area contributed by atoms with Crippen molar-refractivity contribution in [1.82, 2.24) is 20.3 Å². The first-order valence-corrected chi connectivity index (χ1v) is 6.40. The average molecular weight is 288 g/mol. The van der Waals surface area contributed by atoms with Crippen LogP contribution in [0.15, 0.2) is 0 Å². The van der Waals surface area contributed by atoms with Crippen LogP contribution in [0.1, 0.15) is 19.8 Å². The SMILES string of the molecule is CCCOc1nc(Cl)nc(N(C)CCC(=O)NC)n1. The summed E-state index contributed by atoms with van der Waals surface area (Å²) in [6.45, 7) is 2.98. The molecule has 1 N–H and O–H groups in total. The Morgan fingerprint density at radius 2 is 2.16 bits per heavy atom. The number of amides is 1. The van der Waals surface area contributed by atoms with Gasteiger partial charge in [-0.2, -0.15) is 15.0 Å². The normalized spacial score (nSPS) is 10.1. The number of nitrogens with zero attached hydrogens (tertiary/aromatic N) is 4. The van der Waals surface area contributed by atoms with Gasteiger partial charge in [0.05, 0.1) is 6.61 Å². The quantitative estimate of drug-likeness (QED) is 0.802. The average Bonchev–Trinajstić information content (AvgIpc) is 2.41. The van der Waals surface area contributed by atoms with Crippen LogP contribution in [-0.2, 0) is 4.79 Å². The summed E-state index contributed by atoms with van der Waals surface area (Å²) in [5.74, 6) is 0.337. The van der Waals surface area contributed by atoms with E-state index in [-0.39, 0.29) is 17.2 Å². The number of aromatic nitrogens is 3. The van der Waals surface area contributed by atoms with E-state index in [1.165, 1.54) is 0 Å². The molecule has 0 aliphatic carbocycles. The molecular weight excluding hydrogens is 270 g/mol. The van der Waals surface area contributed by atoms with Crippen LogP contribution in [-0.4, -0.2) is 48.1 Å². The van der Waals surface area contributed by atoms with Gasteiger partial charge in [0.2, 0.25) is 17.1 Å². The van der Waals surface area contributed by atoms with Crippen LogP contribution in [0.4, 0.5) is 5.95 Å². The van der Waals surface area contributed by atoms with Crippen molar-refractivity contribution >= 4 is 23.5 Å². The summed E-state index contributed by atoms with van der Waals surface area (Å²) in [7, 11) is 3.37. The van der Waals surface area contributed by atoms with E-state index < -0.39 is 0 Å². The van der Waals surface area contributed by atoms with Gasteiger partial charge >= 0.3 is 6.01 Å². The zero-order chi connectivity index (χ0) is 14.3. The molecule has 1 amide bonds. The molecule has 8 heteroatoms. The number of carbonyl (C=O) groups excluding carboxylic acids is 1. The first kappa shape index (κ1) is 15.4. The third-order valence-corrected chi connectivity index (χ3v) is 2.47. The summed E-state index contributed by atoms with van der Waals surface area (Å²) >= 11 is 5.81. The molecule has 7 nitrogen and oxygen atoms in total. The smallest absolute Gasteiger partial charge is 0.322 e. The monoisotopic (exact) mass is 287 g/mol. The molecule has 0 unspecified atom stereocenters. The highest BCUT2D eigenvalue weighted by molar-refractivity contribution is 6.28. The highest BCUT2D eigenvalue weighted by Gasteiger charge is 2.11. The van der Waals surface area contributed by atoms with E-state index in [0.29, 0.717) is 25.5 Å². The molecule has 0 atom stereocenters. The molecule has 0 fully saturated rings. The largest absolute Gasteiger partial charge is 0.463 e. The molecular formula is C11H18ClN5O2. The van der Waals surface area contributed by atoms with Gasteiger partial charge in [0.1, 0.15) is 0 Å². The van der Waals surface area contributed by atoms with Crippen LogP contribution in [0.3, 0.4) is 0 Å². The van der Waals surface area contributed by atoms with Crippen molar-refractivity contribution in [1.29, 1.82) is 0 Å². The molecule has 0 saturated heterocycles. The maximum absolute atomic E-state index is 11.2. The third kappa shape index (κ3) is 5.25. The van der Waals surface area contributed by atoms with Gasteiger partial charge in [-0.05, 0) is 18.0 Å². The molecule has 0 saturated carbocycles. The molecule has 0 spiro atoms. The second kappa shape index (κ2) is 7.73. The fraction of sp³-hybridized carbons (Fsp3) is 0.636.